The molecule has 0 aromatic heterocycles. The molecule has 2 saturated heterocycles. The average molecular weight is 501 g/mol. The monoisotopic (exact) mass is 500 g/mol. The SMILES string of the molecule is c1cc(CN2CCCNCCCCCCNCC2)ccc1CN1CCCNCCCCCCNCC1. The standard InChI is InChI=1S/C30H56N6/c1-3-7-17-33-21-25-35(23-9-19-31-15-5-1)27-29-11-13-30(14-12-29)28-36-24-10-20-32-16-6-2-4-8-18-34-22-26-36/h11-14,31-34H,1-10,15-28H2. The van der Waals surface area contributed by atoms with Crippen molar-refractivity contribution >= 4 is 0 Å². The van der Waals surface area contributed by atoms with E-state index in [1.54, 1.807) is 0 Å². The molecule has 2 fully saturated rings. The zero-order chi connectivity index (χ0) is 24.9. The van der Waals surface area contributed by atoms with Crippen LogP contribution < -0.4 is 21.3 Å². The second kappa shape index (κ2) is 20.0. The molecule has 6 heteroatoms. The predicted octanol–water partition coefficient (Wildman–Crippen LogP) is 3.58. The highest BCUT2D eigenvalue weighted by atomic mass is 15.1. The van der Waals surface area contributed by atoms with Crippen molar-refractivity contribution in [3.05, 3.63) is 35.4 Å². The van der Waals surface area contributed by atoms with Gasteiger partial charge in [-0.05, 0) is 102 Å². The van der Waals surface area contributed by atoms with E-state index in [0.29, 0.717) is 0 Å². The molecular formula is C30H56N6. The first-order valence-corrected chi connectivity index (χ1v) is 15.3. The molecule has 0 spiro atoms. The maximum absolute atomic E-state index is 3.67. The lowest BCUT2D eigenvalue weighted by atomic mass is 10.1. The van der Waals surface area contributed by atoms with E-state index in [4.69, 9.17) is 0 Å². The lowest BCUT2D eigenvalue weighted by Gasteiger charge is -2.24. The van der Waals surface area contributed by atoms with E-state index < -0.39 is 0 Å². The smallest absolute Gasteiger partial charge is 0.0234 e. The lowest BCUT2D eigenvalue weighted by Crippen LogP contribution is -2.34. The summed E-state index contributed by atoms with van der Waals surface area (Å²) in [5.41, 5.74) is 2.89. The third-order valence-corrected chi connectivity index (χ3v) is 7.61. The second-order valence-corrected chi connectivity index (χ2v) is 10.9. The molecule has 1 aromatic carbocycles. The van der Waals surface area contributed by atoms with Crippen LogP contribution >= 0.6 is 0 Å². The number of hydrogen-bond donors (Lipinski definition) is 4. The van der Waals surface area contributed by atoms with Crippen molar-refractivity contribution in [1.82, 2.24) is 31.1 Å². The maximum Gasteiger partial charge on any atom is 0.0234 e. The molecule has 1 aromatic rings. The number of nitrogens with one attached hydrogen (secondary N) is 4. The highest BCUT2D eigenvalue weighted by Crippen LogP contribution is 2.11. The van der Waals surface area contributed by atoms with E-state index in [1.165, 1.54) is 102 Å². The Labute approximate surface area is 222 Å². The molecule has 2 heterocycles. The Hall–Kier alpha value is -1.02. The molecule has 0 unspecified atom stereocenters. The molecule has 36 heavy (non-hydrogen) atoms. The van der Waals surface area contributed by atoms with Crippen LogP contribution in [-0.4, -0.2) is 88.3 Å². The van der Waals surface area contributed by atoms with Crippen LogP contribution in [0.1, 0.15) is 75.3 Å². The highest BCUT2D eigenvalue weighted by molar-refractivity contribution is 5.22. The van der Waals surface area contributed by atoms with Gasteiger partial charge in [-0.1, -0.05) is 49.9 Å². The Kier molecular flexibility index (Phi) is 16.4. The maximum atomic E-state index is 3.67. The van der Waals surface area contributed by atoms with E-state index in [2.05, 4.69) is 55.3 Å². The molecular weight excluding hydrogens is 444 g/mol. The van der Waals surface area contributed by atoms with Crippen molar-refractivity contribution < 1.29 is 0 Å². The third kappa shape index (κ3) is 14.1. The summed E-state index contributed by atoms with van der Waals surface area (Å²) in [6.45, 7) is 15.9. The van der Waals surface area contributed by atoms with Crippen LogP contribution in [0.4, 0.5) is 0 Å². The third-order valence-electron chi connectivity index (χ3n) is 7.61. The van der Waals surface area contributed by atoms with Crippen molar-refractivity contribution in [3.63, 3.8) is 0 Å². The quantitative estimate of drug-likeness (QED) is 0.507. The molecule has 3 rings (SSSR count). The molecule has 4 N–H and O–H groups in total. The summed E-state index contributed by atoms with van der Waals surface area (Å²) in [5.74, 6) is 0. The zero-order valence-electron chi connectivity index (χ0n) is 23.2. The van der Waals surface area contributed by atoms with Gasteiger partial charge in [-0.15, -0.1) is 0 Å². The summed E-state index contributed by atoms with van der Waals surface area (Å²) >= 11 is 0. The summed E-state index contributed by atoms with van der Waals surface area (Å²) in [4.78, 5) is 5.27. The van der Waals surface area contributed by atoms with Gasteiger partial charge in [-0.2, -0.15) is 0 Å². The summed E-state index contributed by atoms with van der Waals surface area (Å²) in [5, 5.41) is 14.6. The minimum absolute atomic E-state index is 1.06. The number of hydrogen-bond acceptors (Lipinski definition) is 6. The summed E-state index contributed by atoms with van der Waals surface area (Å²) in [7, 11) is 0. The van der Waals surface area contributed by atoms with Gasteiger partial charge in [0, 0.05) is 39.3 Å². The Morgan fingerprint density at radius 3 is 1.11 bits per heavy atom. The fourth-order valence-electron chi connectivity index (χ4n) is 5.34. The first kappa shape index (κ1) is 29.5. The molecule has 2 aliphatic heterocycles. The van der Waals surface area contributed by atoms with E-state index in [9.17, 15) is 0 Å². The fourth-order valence-corrected chi connectivity index (χ4v) is 5.34. The lowest BCUT2D eigenvalue weighted by molar-refractivity contribution is 0.257. The molecule has 0 saturated carbocycles. The van der Waals surface area contributed by atoms with Crippen molar-refractivity contribution in [1.29, 1.82) is 0 Å². The summed E-state index contributed by atoms with van der Waals surface area (Å²) < 4.78 is 0. The minimum Gasteiger partial charge on any atom is -0.317 e. The summed E-state index contributed by atoms with van der Waals surface area (Å²) in [6, 6.07) is 9.49. The number of benzene rings is 1. The Morgan fingerprint density at radius 1 is 0.389 bits per heavy atom. The molecule has 206 valence electrons. The molecule has 6 nitrogen and oxygen atoms in total. The second-order valence-electron chi connectivity index (χ2n) is 10.9. The molecule has 0 radical (unpaired) electrons. The van der Waals surface area contributed by atoms with Gasteiger partial charge < -0.3 is 21.3 Å². The van der Waals surface area contributed by atoms with Gasteiger partial charge in [-0.3, -0.25) is 9.80 Å². The number of nitrogens with zero attached hydrogens (tertiary/aromatic N) is 2. The van der Waals surface area contributed by atoms with E-state index in [1.807, 2.05) is 0 Å². The first-order valence-electron chi connectivity index (χ1n) is 15.3. The number of rotatable bonds is 4. The van der Waals surface area contributed by atoms with Crippen molar-refractivity contribution in [2.45, 2.75) is 77.3 Å². The van der Waals surface area contributed by atoms with E-state index in [0.717, 1.165) is 65.4 Å². The van der Waals surface area contributed by atoms with Crippen LogP contribution in [0.15, 0.2) is 24.3 Å². The average Bonchev–Trinajstić information content (AvgIpc) is 2.89. The Balaban J connectivity index is 1.45. The summed E-state index contributed by atoms with van der Waals surface area (Å²) in [6.07, 6.45) is 13.2. The van der Waals surface area contributed by atoms with Gasteiger partial charge in [0.1, 0.15) is 0 Å². The largest absolute Gasteiger partial charge is 0.317 e. The van der Waals surface area contributed by atoms with Gasteiger partial charge in [0.2, 0.25) is 0 Å². The molecule has 0 amide bonds. The molecule has 0 bridgehead atoms. The Bertz CT molecular complexity index is 554. The highest BCUT2D eigenvalue weighted by Gasteiger charge is 2.09. The van der Waals surface area contributed by atoms with Gasteiger partial charge in [0.05, 0.1) is 0 Å². The fraction of sp³-hybridized carbons (Fsp3) is 0.800. The molecule has 0 aliphatic carbocycles. The van der Waals surface area contributed by atoms with Gasteiger partial charge in [0.15, 0.2) is 0 Å². The van der Waals surface area contributed by atoms with E-state index in [-0.39, 0.29) is 0 Å². The molecule has 0 atom stereocenters. The normalized spacial score (nSPS) is 22.9. The van der Waals surface area contributed by atoms with Crippen LogP contribution in [0.5, 0.6) is 0 Å². The molecule has 2 aliphatic rings. The Morgan fingerprint density at radius 2 is 0.722 bits per heavy atom. The van der Waals surface area contributed by atoms with Crippen molar-refractivity contribution in [2.24, 2.45) is 0 Å². The topological polar surface area (TPSA) is 54.6 Å². The van der Waals surface area contributed by atoms with Crippen LogP contribution in [-0.2, 0) is 13.1 Å². The van der Waals surface area contributed by atoms with Crippen molar-refractivity contribution in [3.8, 4) is 0 Å². The first-order chi connectivity index (χ1) is 17.9. The van der Waals surface area contributed by atoms with Gasteiger partial charge in [0.25, 0.3) is 0 Å². The van der Waals surface area contributed by atoms with Gasteiger partial charge in [-0.25, -0.2) is 0 Å². The minimum atomic E-state index is 1.06. The van der Waals surface area contributed by atoms with Crippen LogP contribution in [0.25, 0.3) is 0 Å². The van der Waals surface area contributed by atoms with Crippen LogP contribution in [0, 0.1) is 0 Å². The zero-order valence-corrected chi connectivity index (χ0v) is 23.2. The van der Waals surface area contributed by atoms with E-state index >= 15 is 0 Å². The predicted molar refractivity (Wildman–Crippen MR) is 155 cm³/mol. The van der Waals surface area contributed by atoms with Crippen molar-refractivity contribution in [2.75, 3.05) is 78.5 Å². The van der Waals surface area contributed by atoms with Crippen LogP contribution in [0.3, 0.4) is 0 Å². The van der Waals surface area contributed by atoms with Crippen LogP contribution in [0.2, 0.25) is 0 Å². The van der Waals surface area contributed by atoms with Gasteiger partial charge >= 0.3 is 0 Å².